The first kappa shape index (κ1) is 15.2. The maximum atomic E-state index is 12.1. The molecule has 0 N–H and O–H groups in total. The molecule has 0 radical (unpaired) electrons. The Morgan fingerprint density at radius 3 is 3.00 bits per heavy atom. The van der Waals surface area contributed by atoms with E-state index in [0.29, 0.717) is 12.2 Å². The zero-order valence-electron chi connectivity index (χ0n) is 11.5. The van der Waals surface area contributed by atoms with Crippen LogP contribution in [-0.4, -0.2) is 32.9 Å². The summed E-state index contributed by atoms with van der Waals surface area (Å²) in [5.41, 5.74) is 0.629. The highest BCUT2D eigenvalue weighted by Gasteiger charge is 2.16. The lowest BCUT2D eigenvalue weighted by atomic mass is 10.2. The second-order valence-corrected chi connectivity index (χ2v) is 6.53. The number of ether oxygens (including phenoxy) is 2. The molecular weight excluding hydrogens is 278 g/mol. The Bertz CT molecular complexity index is 548. The summed E-state index contributed by atoms with van der Waals surface area (Å²) in [4.78, 5) is 3.86. The van der Waals surface area contributed by atoms with Crippen molar-refractivity contribution in [3.8, 4) is 0 Å². The van der Waals surface area contributed by atoms with E-state index in [0.717, 1.165) is 19.3 Å². The van der Waals surface area contributed by atoms with Gasteiger partial charge in [-0.15, -0.1) is 0 Å². The van der Waals surface area contributed by atoms with Crippen LogP contribution in [0.1, 0.15) is 26.2 Å². The van der Waals surface area contributed by atoms with Gasteiger partial charge in [0.15, 0.2) is 11.3 Å². The van der Waals surface area contributed by atoms with Crippen molar-refractivity contribution in [3.05, 3.63) is 35.4 Å². The molecule has 2 heterocycles. The van der Waals surface area contributed by atoms with Crippen LogP contribution in [0.25, 0.3) is 0 Å². The van der Waals surface area contributed by atoms with E-state index in [-0.39, 0.29) is 17.9 Å². The average Bonchev–Trinajstić information content (AvgIpc) is 2.47. The van der Waals surface area contributed by atoms with Gasteiger partial charge in [0, 0.05) is 18.2 Å². The van der Waals surface area contributed by atoms with Crippen LogP contribution < -0.4 is 0 Å². The van der Waals surface area contributed by atoms with E-state index in [2.05, 4.69) is 4.98 Å². The number of nitrogens with zero attached hydrogens (tertiary/aromatic N) is 1. The van der Waals surface area contributed by atoms with Crippen molar-refractivity contribution in [2.45, 2.75) is 37.5 Å². The molecule has 0 aliphatic carbocycles. The van der Waals surface area contributed by atoms with Gasteiger partial charge in [-0.05, 0) is 43.9 Å². The summed E-state index contributed by atoms with van der Waals surface area (Å²) in [6, 6.07) is 4.80. The molecule has 0 amide bonds. The first-order chi connectivity index (χ1) is 9.58. The van der Waals surface area contributed by atoms with Crippen LogP contribution in [0.2, 0.25) is 0 Å². The van der Waals surface area contributed by atoms with E-state index < -0.39 is 9.84 Å². The Labute approximate surface area is 119 Å². The van der Waals surface area contributed by atoms with Crippen molar-refractivity contribution < 1.29 is 17.9 Å². The maximum Gasteiger partial charge on any atom is 0.217 e. The molecule has 0 saturated carbocycles. The Morgan fingerprint density at radius 1 is 1.50 bits per heavy atom. The van der Waals surface area contributed by atoms with Crippen LogP contribution >= 0.6 is 0 Å². The van der Waals surface area contributed by atoms with E-state index >= 15 is 0 Å². The number of hydrogen-bond acceptors (Lipinski definition) is 5. The molecule has 2 rings (SSSR count). The summed E-state index contributed by atoms with van der Waals surface area (Å²) in [5, 5.41) is 1.26. The van der Waals surface area contributed by atoms with Crippen LogP contribution in [0.3, 0.4) is 0 Å². The zero-order chi connectivity index (χ0) is 14.4. The minimum absolute atomic E-state index is 0.0493. The molecule has 1 aliphatic rings. The zero-order valence-corrected chi connectivity index (χ0v) is 12.3. The smallest absolute Gasteiger partial charge is 0.217 e. The first-order valence-corrected chi connectivity index (χ1v) is 8.19. The third kappa shape index (κ3) is 4.40. The fraction of sp³-hybridized carbons (Fsp3) is 0.500. The Kier molecular flexibility index (Phi) is 5.28. The van der Waals surface area contributed by atoms with Crippen LogP contribution in [0.15, 0.2) is 40.4 Å². The maximum absolute atomic E-state index is 12.1. The predicted octanol–water partition coefficient (Wildman–Crippen LogP) is 2.30. The summed E-state index contributed by atoms with van der Waals surface area (Å²) in [6.07, 6.45) is 4.25. The molecule has 1 aromatic heterocycles. The normalized spacial score (nSPS) is 20.9. The van der Waals surface area contributed by atoms with Gasteiger partial charge in [0.1, 0.15) is 0 Å². The van der Waals surface area contributed by atoms with Crippen molar-refractivity contribution >= 4 is 9.84 Å². The fourth-order valence-corrected chi connectivity index (χ4v) is 3.14. The molecule has 1 atom stereocenters. The molecule has 110 valence electrons. The van der Waals surface area contributed by atoms with Gasteiger partial charge in [0.2, 0.25) is 9.84 Å². The molecule has 0 aromatic carbocycles. The Morgan fingerprint density at radius 2 is 2.35 bits per heavy atom. The van der Waals surface area contributed by atoms with Gasteiger partial charge in [-0.1, -0.05) is 6.07 Å². The lowest BCUT2D eigenvalue weighted by Gasteiger charge is -2.22. The molecule has 1 unspecified atom stereocenters. The minimum atomic E-state index is -3.51. The summed E-state index contributed by atoms with van der Waals surface area (Å²) < 4.78 is 35.1. The number of sulfone groups is 1. The van der Waals surface area contributed by atoms with Crippen molar-refractivity contribution in [1.29, 1.82) is 0 Å². The molecule has 1 fully saturated rings. The van der Waals surface area contributed by atoms with Gasteiger partial charge in [0.25, 0.3) is 0 Å². The minimum Gasteiger partial charge on any atom is -0.353 e. The Balaban J connectivity index is 1.95. The highest BCUT2D eigenvalue weighted by Crippen LogP contribution is 2.16. The van der Waals surface area contributed by atoms with Crippen LogP contribution in [0.5, 0.6) is 0 Å². The second-order valence-electron chi connectivity index (χ2n) is 4.78. The van der Waals surface area contributed by atoms with Crippen molar-refractivity contribution in [2.75, 3.05) is 13.2 Å². The largest absolute Gasteiger partial charge is 0.353 e. The molecule has 20 heavy (non-hydrogen) atoms. The molecule has 1 aromatic rings. The quantitative estimate of drug-likeness (QED) is 0.834. The lowest BCUT2D eigenvalue weighted by Crippen LogP contribution is -2.23. The standard InChI is InChI=1S/C14H19NO4S/c1-12(10-19-14-7-3-5-9-18-14)11-20(16,17)13-6-2-4-8-15-13/h2,4,6,8,11,14H,3,5,7,9-10H2,1H3/b12-11+. The van der Waals surface area contributed by atoms with Crippen LogP contribution in [0.4, 0.5) is 0 Å². The van der Waals surface area contributed by atoms with E-state index in [9.17, 15) is 8.42 Å². The summed E-state index contributed by atoms with van der Waals surface area (Å²) in [7, 11) is -3.51. The second kappa shape index (κ2) is 6.97. The molecule has 6 heteroatoms. The fourth-order valence-electron chi connectivity index (χ4n) is 1.94. The van der Waals surface area contributed by atoms with E-state index in [1.807, 2.05) is 0 Å². The third-order valence-electron chi connectivity index (χ3n) is 2.92. The van der Waals surface area contributed by atoms with Gasteiger partial charge in [-0.3, -0.25) is 0 Å². The van der Waals surface area contributed by atoms with E-state index in [1.54, 1.807) is 19.1 Å². The van der Waals surface area contributed by atoms with Crippen molar-refractivity contribution in [1.82, 2.24) is 4.98 Å². The van der Waals surface area contributed by atoms with Crippen molar-refractivity contribution in [2.24, 2.45) is 0 Å². The highest BCUT2D eigenvalue weighted by molar-refractivity contribution is 7.94. The number of pyridine rings is 1. The molecule has 0 spiro atoms. The summed E-state index contributed by atoms with van der Waals surface area (Å²) in [6.45, 7) is 2.68. The molecule has 1 aliphatic heterocycles. The number of rotatable bonds is 5. The molecular formula is C14H19NO4S. The van der Waals surface area contributed by atoms with E-state index in [1.165, 1.54) is 17.7 Å². The van der Waals surface area contributed by atoms with Gasteiger partial charge in [0.05, 0.1) is 6.61 Å². The third-order valence-corrected chi connectivity index (χ3v) is 4.46. The van der Waals surface area contributed by atoms with E-state index in [4.69, 9.17) is 9.47 Å². The Hall–Kier alpha value is -1.24. The number of aromatic nitrogens is 1. The number of hydrogen-bond donors (Lipinski definition) is 0. The average molecular weight is 297 g/mol. The highest BCUT2D eigenvalue weighted by atomic mass is 32.2. The summed E-state index contributed by atoms with van der Waals surface area (Å²) in [5.74, 6) is 0. The first-order valence-electron chi connectivity index (χ1n) is 6.64. The van der Waals surface area contributed by atoms with Crippen LogP contribution in [-0.2, 0) is 19.3 Å². The van der Waals surface area contributed by atoms with Crippen molar-refractivity contribution in [3.63, 3.8) is 0 Å². The van der Waals surface area contributed by atoms with Gasteiger partial charge >= 0.3 is 0 Å². The molecule has 1 saturated heterocycles. The SMILES string of the molecule is C/C(=C\S(=O)(=O)c1ccccn1)COC1CCCCO1. The predicted molar refractivity (Wildman–Crippen MR) is 74.7 cm³/mol. The van der Waals surface area contributed by atoms with Gasteiger partial charge < -0.3 is 9.47 Å². The summed E-state index contributed by atoms with van der Waals surface area (Å²) >= 11 is 0. The lowest BCUT2D eigenvalue weighted by molar-refractivity contribution is -0.156. The van der Waals surface area contributed by atoms with Crippen LogP contribution in [0, 0.1) is 0 Å². The molecule has 5 nitrogen and oxygen atoms in total. The monoisotopic (exact) mass is 297 g/mol. The van der Waals surface area contributed by atoms with Gasteiger partial charge in [-0.25, -0.2) is 13.4 Å². The topological polar surface area (TPSA) is 65.5 Å². The molecule has 0 bridgehead atoms. The van der Waals surface area contributed by atoms with Gasteiger partial charge in [-0.2, -0.15) is 0 Å².